The van der Waals surface area contributed by atoms with Gasteiger partial charge in [-0.2, -0.15) is 0 Å². The lowest BCUT2D eigenvalue weighted by atomic mass is 10.1. The molecular weight excluding hydrogens is 204 g/mol. The molecule has 0 saturated carbocycles. The third-order valence-electron chi connectivity index (χ3n) is 2.59. The Morgan fingerprint density at radius 2 is 2.31 bits per heavy atom. The number of amides is 1. The molecule has 0 spiro atoms. The van der Waals surface area contributed by atoms with Crippen molar-refractivity contribution >= 4 is 5.91 Å². The molecule has 0 fully saturated rings. The van der Waals surface area contributed by atoms with Gasteiger partial charge in [-0.3, -0.25) is 9.78 Å². The topological polar surface area (TPSA) is 53.4 Å². The third kappa shape index (κ3) is 2.21. The molecule has 0 unspecified atom stereocenters. The van der Waals surface area contributed by atoms with Crippen LogP contribution in [0.2, 0.25) is 0 Å². The van der Waals surface area contributed by atoms with Gasteiger partial charge >= 0.3 is 0 Å². The highest BCUT2D eigenvalue weighted by molar-refractivity contribution is 5.94. The first-order chi connectivity index (χ1) is 7.66. The number of aromatic nitrogens is 1. The smallest absolute Gasteiger partial charge is 0.255 e. The van der Waals surface area contributed by atoms with Crippen LogP contribution in [0.4, 0.5) is 0 Å². The van der Waals surface area contributed by atoms with Crippen LogP contribution in [0.3, 0.4) is 0 Å². The van der Waals surface area contributed by atoms with Gasteiger partial charge in [-0.15, -0.1) is 0 Å². The van der Waals surface area contributed by atoms with E-state index in [0.717, 1.165) is 13.0 Å². The van der Waals surface area contributed by atoms with Gasteiger partial charge < -0.3 is 10.0 Å². The second kappa shape index (κ2) is 4.35. The summed E-state index contributed by atoms with van der Waals surface area (Å²) in [6.07, 6.45) is 5.84. The normalized spacial score (nSPS) is 15.8. The van der Waals surface area contributed by atoms with Gasteiger partial charge in [-0.1, -0.05) is 11.6 Å². The quantitative estimate of drug-likeness (QED) is 0.728. The highest BCUT2D eigenvalue weighted by Crippen LogP contribution is 2.15. The highest BCUT2D eigenvalue weighted by atomic mass is 16.3. The monoisotopic (exact) mass is 218 g/mol. The molecule has 0 atom stereocenters. The van der Waals surface area contributed by atoms with E-state index in [4.69, 9.17) is 0 Å². The Labute approximate surface area is 94.2 Å². The number of hydrogen-bond acceptors (Lipinski definition) is 3. The Bertz CT molecular complexity index is 440. The van der Waals surface area contributed by atoms with E-state index in [9.17, 15) is 9.90 Å². The Morgan fingerprint density at radius 3 is 3.00 bits per heavy atom. The molecule has 1 aromatic heterocycles. The minimum atomic E-state index is -0.0733. The first kappa shape index (κ1) is 10.7. The minimum Gasteiger partial charge on any atom is -0.506 e. The molecule has 0 saturated heterocycles. The zero-order chi connectivity index (χ0) is 11.5. The number of rotatable bonds is 1. The van der Waals surface area contributed by atoms with Crippen LogP contribution in [0, 0.1) is 0 Å². The fraction of sp³-hybridized carbons (Fsp3) is 0.333. The summed E-state index contributed by atoms with van der Waals surface area (Å²) in [6, 6.07) is 1.45. The summed E-state index contributed by atoms with van der Waals surface area (Å²) in [4.78, 5) is 17.6. The molecule has 4 heteroatoms. The number of carbonyl (C=O) groups is 1. The van der Waals surface area contributed by atoms with Crippen LogP contribution in [-0.4, -0.2) is 34.0 Å². The van der Waals surface area contributed by atoms with Gasteiger partial charge in [0, 0.05) is 19.3 Å². The molecule has 0 aromatic carbocycles. The van der Waals surface area contributed by atoms with Crippen LogP contribution in [-0.2, 0) is 0 Å². The molecule has 0 bridgehead atoms. The summed E-state index contributed by atoms with van der Waals surface area (Å²) in [5, 5.41) is 9.27. The SMILES string of the molecule is CC1=CCCN(C(=O)c2cncc(O)c2)C1. The first-order valence-electron chi connectivity index (χ1n) is 5.26. The van der Waals surface area contributed by atoms with E-state index in [0.29, 0.717) is 12.1 Å². The lowest BCUT2D eigenvalue weighted by molar-refractivity contribution is 0.0765. The number of aromatic hydroxyl groups is 1. The lowest BCUT2D eigenvalue weighted by Crippen LogP contribution is -2.35. The maximum absolute atomic E-state index is 12.0. The van der Waals surface area contributed by atoms with Crippen molar-refractivity contribution in [1.82, 2.24) is 9.88 Å². The van der Waals surface area contributed by atoms with Crippen LogP contribution in [0.15, 0.2) is 30.1 Å². The van der Waals surface area contributed by atoms with Gasteiger partial charge in [0.25, 0.3) is 5.91 Å². The van der Waals surface area contributed by atoms with Crippen LogP contribution in [0.25, 0.3) is 0 Å². The zero-order valence-electron chi connectivity index (χ0n) is 9.18. The molecule has 2 rings (SSSR count). The molecule has 0 radical (unpaired) electrons. The highest BCUT2D eigenvalue weighted by Gasteiger charge is 2.18. The van der Waals surface area contributed by atoms with Gasteiger partial charge in [-0.25, -0.2) is 0 Å². The molecule has 2 heterocycles. The summed E-state index contributed by atoms with van der Waals surface area (Å²) in [7, 11) is 0. The van der Waals surface area contributed by atoms with E-state index in [2.05, 4.69) is 11.1 Å². The standard InChI is InChI=1S/C12H14N2O2/c1-9-3-2-4-14(8-9)12(16)10-5-11(15)7-13-6-10/h3,5-7,15H,2,4,8H2,1H3. The predicted octanol–water partition coefficient (Wildman–Crippen LogP) is 1.58. The lowest BCUT2D eigenvalue weighted by Gasteiger charge is -2.26. The zero-order valence-corrected chi connectivity index (χ0v) is 9.18. The fourth-order valence-electron chi connectivity index (χ4n) is 1.81. The van der Waals surface area contributed by atoms with Crippen molar-refractivity contribution in [2.75, 3.05) is 13.1 Å². The summed E-state index contributed by atoms with van der Waals surface area (Å²) in [5.74, 6) is -0.0500. The van der Waals surface area contributed by atoms with Crippen LogP contribution < -0.4 is 0 Å². The molecule has 1 aliphatic heterocycles. The second-order valence-electron chi connectivity index (χ2n) is 4.00. The molecule has 84 valence electrons. The van der Waals surface area contributed by atoms with Crippen molar-refractivity contribution in [2.24, 2.45) is 0 Å². The third-order valence-corrected chi connectivity index (χ3v) is 2.59. The van der Waals surface area contributed by atoms with Crippen molar-refractivity contribution in [2.45, 2.75) is 13.3 Å². The van der Waals surface area contributed by atoms with Crippen LogP contribution >= 0.6 is 0 Å². The van der Waals surface area contributed by atoms with Gasteiger partial charge in [0.2, 0.25) is 0 Å². The average Bonchev–Trinajstić information content (AvgIpc) is 2.28. The van der Waals surface area contributed by atoms with Crippen LogP contribution in [0.1, 0.15) is 23.7 Å². The molecule has 1 aliphatic rings. The predicted molar refractivity (Wildman–Crippen MR) is 60.2 cm³/mol. The molecule has 4 nitrogen and oxygen atoms in total. The van der Waals surface area contributed by atoms with Crippen molar-refractivity contribution < 1.29 is 9.90 Å². The number of carbonyl (C=O) groups excluding carboxylic acids is 1. The summed E-state index contributed by atoms with van der Waals surface area (Å²) < 4.78 is 0. The minimum absolute atomic E-state index is 0.0233. The number of pyridine rings is 1. The van der Waals surface area contributed by atoms with Gasteiger partial charge in [0.15, 0.2) is 0 Å². The van der Waals surface area contributed by atoms with Gasteiger partial charge in [0.1, 0.15) is 5.75 Å². The van der Waals surface area contributed by atoms with Gasteiger partial charge in [-0.05, 0) is 19.4 Å². The van der Waals surface area contributed by atoms with E-state index in [1.54, 1.807) is 4.90 Å². The summed E-state index contributed by atoms with van der Waals surface area (Å²) in [6.45, 7) is 3.40. The fourth-order valence-corrected chi connectivity index (χ4v) is 1.81. The Balaban J connectivity index is 2.16. The largest absolute Gasteiger partial charge is 0.506 e. The second-order valence-corrected chi connectivity index (χ2v) is 4.00. The number of nitrogens with zero attached hydrogens (tertiary/aromatic N) is 2. The molecule has 1 N–H and O–H groups in total. The maximum Gasteiger partial charge on any atom is 0.255 e. The average molecular weight is 218 g/mol. The Hall–Kier alpha value is -1.84. The molecule has 1 aromatic rings. The maximum atomic E-state index is 12.0. The molecule has 16 heavy (non-hydrogen) atoms. The van der Waals surface area contributed by atoms with Crippen molar-refractivity contribution in [3.8, 4) is 5.75 Å². The van der Waals surface area contributed by atoms with Crippen molar-refractivity contribution in [3.63, 3.8) is 0 Å². The van der Waals surface area contributed by atoms with Crippen molar-refractivity contribution in [3.05, 3.63) is 35.7 Å². The molecule has 1 amide bonds. The summed E-state index contributed by atoms with van der Waals surface area (Å²) >= 11 is 0. The van der Waals surface area contributed by atoms with E-state index in [-0.39, 0.29) is 11.7 Å². The summed E-state index contributed by atoms with van der Waals surface area (Å²) in [5.41, 5.74) is 1.64. The Kier molecular flexibility index (Phi) is 2.90. The molecular formula is C12H14N2O2. The molecule has 0 aliphatic carbocycles. The van der Waals surface area contributed by atoms with E-state index >= 15 is 0 Å². The Morgan fingerprint density at radius 1 is 1.50 bits per heavy atom. The van der Waals surface area contributed by atoms with Gasteiger partial charge in [0.05, 0.1) is 11.8 Å². The van der Waals surface area contributed by atoms with E-state index < -0.39 is 0 Å². The van der Waals surface area contributed by atoms with E-state index in [1.807, 2.05) is 6.92 Å². The van der Waals surface area contributed by atoms with Crippen LogP contribution in [0.5, 0.6) is 5.75 Å². The number of hydrogen-bond donors (Lipinski definition) is 1. The van der Waals surface area contributed by atoms with Crippen molar-refractivity contribution in [1.29, 1.82) is 0 Å². The first-order valence-corrected chi connectivity index (χ1v) is 5.26. The van der Waals surface area contributed by atoms with E-state index in [1.165, 1.54) is 24.0 Å².